The molecule has 0 saturated heterocycles. The van der Waals surface area contributed by atoms with Crippen LogP contribution in [0.1, 0.15) is 53.4 Å². The van der Waals surface area contributed by atoms with Crippen molar-refractivity contribution in [1.29, 1.82) is 0 Å². The van der Waals surface area contributed by atoms with Gasteiger partial charge in [0.05, 0.1) is 0 Å². The highest BCUT2D eigenvalue weighted by atomic mass is 15.1. The molecule has 1 unspecified atom stereocenters. The van der Waals surface area contributed by atoms with Crippen LogP contribution in [0.5, 0.6) is 0 Å². The Morgan fingerprint density at radius 1 is 1.20 bits per heavy atom. The third kappa shape index (κ3) is 4.98. The van der Waals surface area contributed by atoms with E-state index in [4.69, 9.17) is 5.73 Å². The second kappa shape index (κ2) is 7.24. The molecule has 15 heavy (non-hydrogen) atoms. The zero-order valence-corrected chi connectivity index (χ0v) is 11.3. The predicted molar refractivity (Wildman–Crippen MR) is 69.1 cm³/mol. The molecule has 92 valence electrons. The summed E-state index contributed by atoms with van der Waals surface area (Å²) in [6.07, 6.45) is 4.93. The molecule has 0 fully saturated rings. The molecule has 0 rings (SSSR count). The van der Waals surface area contributed by atoms with Gasteiger partial charge in [-0.25, -0.2) is 0 Å². The molecule has 0 aliphatic carbocycles. The van der Waals surface area contributed by atoms with E-state index >= 15 is 0 Å². The van der Waals surface area contributed by atoms with E-state index in [1.54, 1.807) is 0 Å². The van der Waals surface area contributed by atoms with Crippen molar-refractivity contribution in [3.05, 3.63) is 0 Å². The van der Waals surface area contributed by atoms with E-state index in [0.29, 0.717) is 11.5 Å². The first-order valence-corrected chi connectivity index (χ1v) is 6.43. The van der Waals surface area contributed by atoms with E-state index in [2.05, 4.69) is 39.6 Å². The summed E-state index contributed by atoms with van der Waals surface area (Å²) in [5.41, 5.74) is 6.20. The lowest BCUT2D eigenvalue weighted by Crippen LogP contribution is -2.43. The highest BCUT2D eigenvalue weighted by molar-refractivity contribution is 4.80. The fourth-order valence-electron chi connectivity index (χ4n) is 2.49. The van der Waals surface area contributed by atoms with Crippen LogP contribution in [0.4, 0.5) is 0 Å². The van der Waals surface area contributed by atoms with Crippen molar-refractivity contribution in [2.45, 2.75) is 59.4 Å². The Labute approximate surface area is 96.2 Å². The van der Waals surface area contributed by atoms with Crippen LogP contribution in [0.15, 0.2) is 0 Å². The largest absolute Gasteiger partial charge is 0.330 e. The molecular formula is C13H30N2. The average molecular weight is 214 g/mol. The SMILES string of the molecule is CCCC(C)(CN)CN(C)C(CC)CC. The molecule has 0 aromatic rings. The van der Waals surface area contributed by atoms with Gasteiger partial charge in [0.1, 0.15) is 0 Å². The second-order valence-corrected chi connectivity index (χ2v) is 5.15. The van der Waals surface area contributed by atoms with Crippen molar-refractivity contribution in [2.24, 2.45) is 11.1 Å². The van der Waals surface area contributed by atoms with Gasteiger partial charge in [-0.05, 0) is 38.3 Å². The van der Waals surface area contributed by atoms with Crippen LogP contribution in [0.3, 0.4) is 0 Å². The molecule has 1 atom stereocenters. The summed E-state index contributed by atoms with van der Waals surface area (Å²) in [6.45, 7) is 11.0. The van der Waals surface area contributed by atoms with E-state index < -0.39 is 0 Å². The molecule has 0 aromatic heterocycles. The summed E-state index contributed by atoms with van der Waals surface area (Å²) in [5.74, 6) is 0. The fourth-order valence-corrected chi connectivity index (χ4v) is 2.49. The molecule has 2 nitrogen and oxygen atoms in total. The quantitative estimate of drug-likeness (QED) is 0.673. The Kier molecular flexibility index (Phi) is 7.20. The number of rotatable bonds is 8. The van der Waals surface area contributed by atoms with Crippen LogP contribution in [0.25, 0.3) is 0 Å². The van der Waals surface area contributed by atoms with Gasteiger partial charge in [0.15, 0.2) is 0 Å². The molecule has 0 heterocycles. The van der Waals surface area contributed by atoms with Gasteiger partial charge in [-0.15, -0.1) is 0 Å². The molecule has 0 saturated carbocycles. The average Bonchev–Trinajstić information content (AvgIpc) is 2.20. The van der Waals surface area contributed by atoms with Crippen molar-refractivity contribution < 1.29 is 0 Å². The van der Waals surface area contributed by atoms with Gasteiger partial charge < -0.3 is 10.6 Å². The molecule has 0 aliphatic heterocycles. The molecular weight excluding hydrogens is 184 g/mol. The van der Waals surface area contributed by atoms with Gasteiger partial charge in [-0.1, -0.05) is 34.1 Å². The maximum atomic E-state index is 5.90. The third-order valence-corrected chi connectivity index (χ3v) is 3.54. The van der Waals surface area contributed by atoms with Gasteiger partial charge in [-0.2, -0.15) is 0 Å². The molecule has 0 aliphatic rings. The molecule has 2 heteroatoms. The minimum Gasteiger partial charge on any atom is -0.330 e. The zero-order chi connectivity index (χ0) is 11.9. The lowest BCUT2D eigenvalue weighted by Gasteiger charge is -2.36. The summed E-state index contributed by atoms with van der Waals surface area (Å²) >= 11 is 0. The van der Waals surface area contributed by atoms with E-state index in [9.17, 15) is 0 Å². The minimum atomic E-state index is 0.298. The Bertz CT molecular complexity index is 155. The molecule has 0 radical (unpaired) electrons. The third-order valence-electron chi connectivity index (χ3n) is 3.54. The predicted octanol–water partition coefficient (Wildman–Crippen LogP) is 2.87. The monoisotopic (exact) mass is 214 g/mol. The van der Waals surface area contributed by atoms with Gasteiger partial charge >= 0.3 is 0 Å². The van der Waals surface area contributed by atoms with E-state index in [1.165, 1.54) is 25.7 Å². The number of nitrogens with two attached hydrogens (primary N) is 1. The Morgan fingerprint density at radius 3 is 2.07 bits per heavy atom. The Morgan fingerprint density at radius 2 is 1.73 bits per heavy atom. The highest BCUT2D eigenvalue weighted by Crippen LogP contribution is 2.24. The number of hydrogen-bond acceptors (Lipinski definition) is 2. The van der Waals surface area contributed by atoms with E-state index in [-0.39, 0.29) is 0 Å². The van der Waals surface area contributed by atoms with Crippen molar-refractivity contribution in [3.8, 4) is 0 Å². The number of hydrogen-bond donors (Lipinski definition) is 1. The van der Waals surface area contributed by atoms with Crippen LogP contribution in [0.2, 0.25) is 0 Å². The molecule has 2 N–H and O–H groups in total. The molecule has 0 bridgehead atoms. The van der Waals surface area contributed by atoms with Crippen LogP contribution in [-0.4, -0.2) is 31.1 Å². The van der Waals surface area contributed by atoms with Crippen molar-refractivity contribution in [1.82, 2.24) is 4.90 Å². The summed E-state index contributed by atoms with van der Waals surface area (Å²) in [7, 11) is 2.24. The molecule has 0 aromatic carbocycles. The fraction of sp³-hybridized carbons (Fsp3) is 1.00. The van der Waals surface area contributed by atoms with Crippen molar-refractivity contribution >= 4 is 0 Å². The molecule has 0 spiro atoms. The Hall–Kier alpha value is -0.0800. The van der Waals surface area contributed by atoms with Crippen LogP contribution in [-0.2, 0) is 0 Å². The maximum absolute atomic E-state index is 5.90. The molecule has 0 amide bonds. The van der Waals surface area contributed by atoms with Gasteiger partial charge in [0.25, 0.3) is 0 Å². The lowest BCUT2D eigenvalue weighted by molar-refractivity contribution is 0.137. The van der Waals surface area contributed by atoms with E-state index in [1.807, 2.05) is 0 Å². The normalized spacial score (nSPS) is 16.0. The van der Waals surface area contributed by atoms with Crippen LogP contribution in [0, 0.1) is 5.41 Å². The van der Waals surface area contributed by atoms with Crippen LogP contribution >= 0.6 is 0 Å². The van der Waals surface area contributed by atoms with Crippen molar-refractivity contribution in [3.63, 3.8) is 0 Å². The van der Waals surface area contributed by atoms with Crippen LogP contribution < -0.4 is 5.73 Å². The van der Waals surface area contributed by atoms with Gasteiger partial charge in [-0.3, -0.25) is 0 Å². The smallest absolute Gasteiger partial charge is 0.00872 e. The first kappa shape index (κ1) is 14.9. The summed E-state index contributed by atoms with van der Waals surface area (Å²) < 4.78 is 0. The minimum absolute atomic E-state index is 0.298. The first-order valence-electron chi connectivity index (χ1n) is 6.43. The van der Waals surface area contributed by atoms with Crippen molar-refractivity contribution in [2.75, 3.05) is 20.1 Å². The summed E-state index contributed by atoms with van der Waals surface area (Å²) in [5, 5.41) is 0. The topological polar surface area (TPSA) is 29.3 Å². The first-order chi connectivity index (χ1) is 7.02. The Balaban J connectivity index is 4.27. The second-order valence-electron chi connectivity index (χ2n) is 5.15. The van der Waals surface area contributed by atoms with Gasteiger partial charge in [0, 0.05) is 12.6 Å². The highest BCUT2D eigenvalue weighted by Gasteiger charge is 2.25. The van der Waals surface area contributed by atoms with E-state index in [0.717, 1.165) is 13.1 Å². The lowest BCUT2D eigenvalue weighted by atomic mass is 9.84. The standard InChI is InChI=1S/C13H30N2/c1-6-9-13(4,10-14)11-15(5)12(7-2)8-3/h12H,6-11,14H2,1-5H3. The summed E-state index contributed by atoms with van der Waals surface area (Å²) in [4.78, 5) is 2.49. The zero-order valence-electron chi connectivity index (χ0n) is 11.3. The summed E-state index contributed by atoms with van der Waals surface area (Å²) in [6, 6.07) is 0.715. The van der Waals surface area contributed by atoms with Gasteiger partial charge in [0.2, 0.25) is 0 Å². The number of nitrogens with zero attached hydrogens (tertiary/aromatic N) is 1. The maximum Gasteiger partial charge on any atom is 0.00872 e.